The average molecular weight is 253 g/mol. The van der Waals surface area contributed by atoms with Gasteiger partial charge < -0.3 is 15.5 Å². The van der Waals surface area contributed by atoms with Crippen LogP contribution in [-0.2, 0) is 4.79 Å². The maximum absolute atomic E-state index is 12.5. The normalized spacial score (nSPS) is 25.9. The van der Waals surface area contributed by atoms with E-state index in [9.17, 15) is 4.79 Å². The summed E-state index contributed by atoms with van der Waals surface area (Å²) in [6, 6.07) is 0.395. The number of nitrogens with zero attached hydrogens (tertiary/aromatic N) is 1. The molecule has 0 aromatic heterocycles. The molecule has 2 N–H and O–H groups in total. The second-order valence-corrected chi connectivity index (χ2v) is 5.93. The second-order valence-electron chi connectivity index (χ2n) is 5.93. The number of likely N-dealkylation sites (tertiary alicyclic amines) is 1. The molecule has 2 saturated heterocycles. The molecule has 4 heteroatoms. The molecule has 0 atom stereocenters. The minimum Gasteiger partial charge on any atom is -0.353 e. The maximum atomic E-state index is 12.5. The number of carbonyl (C=O) groups excluding carboxylic acids is 1. The van der Waals surface area contributed by atoms with Crippen molar-refractivity contribution in [2.45, 2.75) is 45.1 Å². The van der Waals surface area contributed by atoms with Crippen LogP contribution < -0.4 is 10.6 Å². The number of hydrogen-bond donors (Lipinski definition) is 2. The summed E-state index contributed by atoms with van der Waals surface area (Å²) in [6.45, 7) is 6.32. The van der Waals surface area contributed by atoms with Crippen molar-refractivity contribution < 1.29 is 4.79 Å². The van der Waals surface area contributed by atoms with Gasteiger partial charge in [0.2, 0.25) is 5.91 Å². The number of piperidine rings is 2. The molecular formula is C14H27N3O. The topological polar surface area (TPSA) is 44.4 Å². The fourth-order valence-electron chi connectivity index (χ4n) is 3.14. The Bertz CT molecular complexity index is 279. The van der Waals surface area contributed by atoms with Crippen molar-refractivity contribution in [3.63, 3.8) is 0 Å². The molecule has 0 unspecified atom stereocenters. The zero-order valence-electron chi connectivity index (χ0n) is 11.8. The number of hydrogen-bond acceptors (Lipinski definition) is 3. The van der Waals surface area contributed by atoms with Gasteiger partial charge in [0.05, 0.1) is 5.41 Å². The molecule has 0 radical (unpaired) electrons. The Kier molecular flexibility index (Phi) is 4.62. The van der Waals surface area contributed by atoms with Gasteiger partial charge in [0.25, 0.3) is 0 Å². The highest BCUT2D eigenvalue weighted by atomic mass is 16.2. The van der Waals surface area contributed by atoms with E-state index in [4.69, 9.17) is 0 Å². The van der Waals surface area contributed by atoms with Crippen molar-refractivity contribution in [2.75, 3.05) is 33.2 Å². The lowest BCUT2D eigenvalue weighted by Gasteiger charge is -2.38. The standard InChI is InChI=1S/C14H27N3O/c1-3-14(6-8-15-9-7-14)13(18)16-12-4-10-17(2)11-5-12/h12,15H,3-11H2,1-2H3,(H,16,18). The van der Waals surface area contributed by atoms with E-state index in [0.29, 0.717) is 11.9 Å². The van der Waals surface area contributed by atoms with Crippen LogP contribution in [0.4, 0.5) is 0 Å². The van der Waals surface area contributed by atoms with Crippen LogP contribution in [0.1, 0.15) is 39.0 Å². The van der Waals surface area contributed by atoms with Crippen LogP contribution in [0.25, 0.3) is 0 Å². The van der Waals surface area contributed by atoms with E-state index in [1.807, 2.05) is 0 Å². The molecule has 2 aliphatic heterocycles. The van der Waals surface area contributed by atoms with Crippen LogP contribution in [0, 0.1) is 5.41 Å². The molecule has 0 aromatic carbocycles. The first-order valence-corrected chi connectivity index (χ1v) is 7.36. The molecular weight excluding hydrogens is 226 g/mol. The van der Waals surface area contributed by atoms with Gasteiger partial charge in [-0.1, -0.05) is 6.92 Å². The van der Waals surface area contributed by atoms with Crippen LogP contribution in [0.2, 0.25) is 0 Å². The van der Waals surface area contributed by atoms with Crippen molar-refractivity contribution in [3.8, 4) is 0 Å². The van der Waals surface area contributed by atoms with Gasteiger partial charge in [0, 0.05) is 6.04 Å². The quantitative estimate of drug-likeness (QED) is 0.788. The van der Waals surface area contributed by atoms with E-state index >= 15 is 0 Å². The van der Waals surface area contributed by atoms with Gasteiger partial charge in [0.1, 0.15) is 0 Å². The zero-order chi connectivity index (χ0) is 13.0. The summed E-state index contributed by atoms with van der Waals surface area (Å²) in [5.41, 5.74) is -0.103. The van der Waals surface area contributed by atoms with E-state index in [1.165, 1.54) is 0 Å². The van der Waals surface area contributed by atoms with Crippen molar-refractivity contribution in [2.24, 2.45) is 5.41 Å². The predicted molar refractivity (Wildman–Crippen MR) is 73.5 cm³/mol. The van der Waals surface area contributed by atoms with Gasteiger partial charge in [-0.05, 0) is 65.3 Å². The second kappa shape index (κ2) is 6.02. The number of nitrogens with one attached hydrogen (secondary N) is 2. The van der Waals surface area contributed by atoms with E-state index in [2.05, 4.69) is 29.5 Å². The third kappa shape index (κ3) is 3.04. The monoisotopic (exact) mass is 253 g/mol. The van der Waals surface area contributed by atoms with Crippen LogP contribution in [-0.4, -0.2) is 50.1 Å². The average Bonchev–Trinajstić information content (AvgIpc) is 2.42. The fourth-order valence-corrected chi connectivity index (χ4v) is 3.14. The number of amides is 1. The Labute approximate surface area is 110 Å². The molecule has 2 rings (SSSR count). The molecule has 0 aliphatic carbocycles. The summed E-state index contributed by atoms with van der Waals surface area (Å²) in [6.07, 6.45) is 5.14. The lowest BCUT2D eigenvalue weighted by molar-refractivity contribution is -0.134. The fraction of sp³-hybridized carbons (Fsp3) is 0.929. The number of carbonyl (C=O) groups is 1. The summed E-state index contributed by atoms with van der Waals surface area (Å²) in [7, 11) is 2.15. The third-order valence-corrected chi connectivity index (χ3v) is 4.77. The van der Waals surface area contributed by atoms with E-state index < -0.39 is 0 Å². The predicted octanol–water partition coefficient (Wildman–Crippen LogP) is 0.977. The van der Waals surface area contributed by atoms with Crippen LogP contribution in [0.15, 0.2) is 0 Å². The minimum atomic E-state index is -0.103. The molecule has 0 spiro atoms. The number of rotatable bonds is 3. The van der Waals surface area contributed by atoms with E-state index in [-0.39, 0.29) is 5.41 Å². The van der Waals surface area contributed by atoms with E-state index in [1.54, 1.807) is 0 Å². The molecule has 0 bridgehead atoms. The Morgan fingerprint density at radius 3 is 2.50 bits per heavy atom. The Morgan fingerprint density at radius 1 is 1.33 bits per heavy atom. The molecule has 18 heavy (non-hydrogen) atoms. The lowest BCUT2D eigenvalue weighted by Crippen LogP contribution is -2.52. The maximum Gasteiger partial charge on any atom is 0.226 e. The van der Waals surface area contributed by atoms with Gasteiger partial charge in [0.15, 0.2) is 0 Å². The first-order chi connectivity index (χ1) is 8.66. The van der Waals surface area contributed by atoms with Gasteiger partial charge in [-0.25, -0.2) is 0 Å². The molecule has 0 saturated carbocycles. The Balaban J connectivity index is 1.89. The SMILES string of the molecule is CCC1(C(=O)NC2CCN(C)CC2)CCNCC1. The first-order valence-electron chi connectivity index (χ1n) is 7.36. The van der Waals surface area contributed by atoms with Crippen LogP contribution in [0.3, 0.4) is 0 Å². The molecule has 104 valence electrons. The van der Waals surface area contributed by atoms with Crippen LogP contribution in [0.5, 0.6) is 0 Å². The van der Waals surface area contributed by atoms with Gasteiger partial charge >= 0.3 is 0 Å². The molecule has 4 nitrogen and oxygen atoms in total. The molecule has 2 heterocycles. The highest BCUT2D eigenvalue weighted by molar-refractivity contribution is 5.83. The van der Waals surface area contributed by atoms with Crippen LogP contribution >= 0.6 is 0 Å². The highest BCUT2D eigenvalue weighted by Crippen LogP contribution is 2.33. The van der Waals surface area contributed by atoms with Gasteiger partial charge in [-0.2, -0.15) is 0 Å². The third-order valence-electron chi connectivity index (χ3n) is 4.77. The summed E-state index contributed by atoms with van der Waals surface area (Å²) in [4.78, 5) is 14.9. The molecule has 0 aromatic rings. The smallest absolute Gasteiger partial charge is 0.226 e. The van der Waals surface area contributed by atoms with Crippen molar-refractivity contribution in [1.82, 2.24) is 15.5 Å². The highest BCUT2D eigenvalue weighted by Gasteiger charge is 2.38. The summed E-state index contributed by atoms with van der Waals surface area (Å²) in [5.74, 6) is 0.307. The zero-order valence-corrected chi connectivity index (χ0v) is 11.8. The van der Waals surface area contributed by atoms with Crippen molar-refractivity contribution >= 4 is 5.91 Å². The van der Waals surface area contributed by atoms with Crippen molar-refractivity contribution in [3.05, 3.63) is 0 Å². The van der Waals surface area contributed by atoms with E-state index in [0.717, 1.165) is 58.3 Å². The summed E-state index contributed by atoms with van der Waals surface area (Å²) in [5, 5.41) is 6.66. The molecule has 2 aliphatic rings. The van der Waals surface area contributed by atoms with Gasteiger partial charge in [-0.3, -0.25) is 4.79 Å². The summed E-state index contributed by atoms with van der Waals surface area (Å²) < 4.78 is 0. The Morgan fingerprint density at radius 2 is 1.94 bits per heavy atom. The minimum absolute atomic E-state index is 0.103. The van der Waals surface area contributed by atoms with Gasteiger partial charge in [-0.15, -0.1) is 0 Å². The van der Waals surface area contributed by atoms with Crippen molar-refractivity contribution in [1.29, 1.82) is 0 Å². The Hall–Kier alpha value is -0.610. The molecule has 1 amide bonds. The largest absolute Gasteiger partial charge is 0.353 e. The first kappa shape index (κ1) is 13.8. The summed E-state index contributed by atoms with van der Waals surface area (Å²) >= 11 is 0. The molecule has 2 fully saturated rings. The lowest BCUT2D eigenvalue weighted by atomic mass is 9.75.